The van der Waals surface area contributed by atoms with E-state index >= 15 is 0 Å². The van der Waals surface area contributed by atoms with Crippen LogP contribution in [0.15, 0.2) is 82.3 Å². The number of carbonyl (C=O) groups excluding carboxylic acids is 1. The molecule has 2 aromatic carbocycles. The van der Waals surface area contributed by atoms with E-state index < -0.39 is 0 Å². The number of hydrogen-bond acceptors (Lipinski definition) is 6. The van der Waals surface area contributed by atoms with Gasteiger partial charge in [0.2, 0.25) is 0 Å². The van der Waals surface area contributed by atoms with Crippen molar-refractivity contribution in [3.63, 3.8) is 0 Å². The molecule has 0 radical (unpaired) electrons. The number of rotatable bonds is 6. The van der Waals surface area contributed by atoms with Crippen molar-refractivity contribution in [1.29, 1.82) is 0 Å². The summed E-state index contributed by atoms with van der Waals surface area (Å²) in [6, 6.07) is 20.6. The fraction of sp³-hybridized carbons (Fsp3) is 0.0476. The maximum atomic E-state index is 13.2. The summed E-state index contributed by atoms with van der Waals surface area (Å²) in [6.07, 6.45) is 5.13. The molecule has 8 heteroatoms. The lowest BCUT2D eigenvalue weighted by molar-refractivity contribution is -0.111. The van der Waals surface area contributed by atoms with Crippen LogP contribution in [0.4, 0.5) is 5.69 Å². The molecule has 4 aromatic rings. The van der Waals surface area contributed by atoms with Crippen LogP contribution < -0.4 is 5.32 Å². The molecule has 0 saturated carbocycles. The van der Waals surface area contributed by atoms with Gasteiger partial charge in [-0.05, 0) is 47.0 Å². The van der Waals surface area contributed by atoms with Gasteiger partial charge in [-0.3, -0.25) is 4.79 Å². The van der Waals surface area contributed by atoms with Gasteiger partial charge >= 0.3 is 0 Å². The molecule has 0 spiro atoms. The van der Waals surface area contributed by atoms with E-state index in [1.165, 1.54) is 4.68 Å². The van der Waals surface area contributed by atoms with Crippen molar-refractivity contribution in [1.82, 2.24) is 20.2 Å². The second kappa shape index (κ2) is 8.57. The zero-order valence-corrected chi connectivity index (χ0v) is 16.3. The molecule has 29 heavy (non-hydrogen) atoms. The Morgan fingerprint density at radius 3 is 2.72 bits per heavy atom. The Morgan fingerprint density at radius 1 is 1.10 bits per heavy atom. The summed E-state index contributed by atoms with van der Waals surface area (Å²) in [7, 11) is 0. The van der Waals surface area contributed by atoms with Crippen LogP contribution in [0.3, 0.4) is 0 Å². The van der Waals surface area contributed by atoms with E-state index in [9.17, 15) is 4.79 Å². The molecule has 0 aliphatic carbocycles. The van der Waals surface area contributed by atoms with Gasteiger partial charge in [-0.1, -0.05) is 36.4 Å². The molecule has 0 bridgehead atoms. The molecular formula is C21H17N5O2S. The highest BCUT2D eigenvalue weighted by Gasteiger charge is 2.20. The van der Waals surface area contributed by atoms with Gasteiger partial charge < -0.3 is 9.73 Å². The van der Waals surface area contributed by atoms with Crippen LogP contribution in [0, 0.1) is 0 Å². The number of hydrogen-bond donors (Lipinski definition) is 1. The molecule has 2 heterocycles. The van der Waals surface area contributed by atoms with Crippen LogP contribution in [0.2, 0.25) is 0 Å². The summed E-state index contributed by atoms with van der Waals surface area (Å²) < 4.78 is 6.81. The van der Waals surface area contributed by atoms with E-state index in [-0.39, 0.29) is 11.6 Å². The van der Waals surface area contributed by atoms with Gasteiger partial charge in [-0.2, -0.15) is 4.68 Å². The predicted octanol–water partition coefficient (Wildman–Crippen LogP) is 4.29. The average Bonchev–Trinajstić information content (AvgIpc) is 3.44. The highest BCUT2D eigenvalue weighted by Crippen LogP contribution is 2.23. The second-order valence-corrected chi connectivity index (χ2v) is 6.89. The molecule has 1 N–H and O–H groups in total. The third-order valence-electron chi connectivity index (χ3n) is 4.11. The molecule has 144 valence electrons. The van der Waals surface area contributed by atoms with Gasteiger partial charge in [0.25, 0.3) is 5.91 Å². The molecule has 0 unspecified atom stereocenters. The van der Waals surface area contributed by atoms with Crippen LogP contribution >= 0.6 is 11.8 Å². The maximum Gasteiger partial charge on any atom is 0.274 e. The van der Waals surface area contributed by atoms with E-state index in [1.807, 2.05) is 60.9 Å². The zero-order valence-electron chi connectivity index (χ0n) is 15.5. The molecule has 0 saturated heterocycles. The number of tetrazole rings is 1. The van der Waals surface area contributed by atoms with Crippen molar-refractivity contribution in [3.8, 4) is 11.4 Å². The number of benzene rings is 2. The molecule has 1 amide bonds. The maximum absolute atomic E-state index is 13.2. The summed E-state index contributed by atoms with van der Waals surface area (Å²) in [5.74, 6) is 0.614. The molecular weight excluding hydrogens is 386 g/mol. The van der Waals surface area contributed by atoms with Crippen LogP contribution in [0.1, 0.15) is 5.76 Å². The quantitative estimate of drug-likeness (QED) is 0.382. The Hall–Kier alpha value is -3.65. The molecule has 4 rings (SSSR count). The summed E-state index contributed by atoms with van der Waals surface area (Å²) in [4.78, 5) is 14.2. The topological polar surface area (TPSA) is 85.8 Å². The normalized spacial score (nSPS) is 11.4. The smallest absolute Gasteiger partial charge is 0.274 e. The highest BCUT2D eigenvalue weighted by molar-refractivity contribution is 7.98. The molecule has 0 aliphatic heterocycles. The van der Waals surface area contributed by atoms with Crippen molar-refractivity contribution in [3.05, 3.63) is 78.8 Å². The molecule has 0 fully saturated rings. The van der Waals surface area contributed by atoms with Crippen LogP contribution in [0.5, 0.6) is 0 Å². The number of thioether (sulfide) groups is 1. The number of amides is 1. The molecule has 7 nitrogen and oxygen atoms in total. The van der Waals surface area contributed by atoms with E-state index in [1.54, 1.807) is 36.2 Å². The summed E-state index contributed by atoms with van der Waals surface area (Å²) >= 11 is 1.60. The van der Waals surface area contributed by atoms with Crippen LogP contribution in [0.25, 0.3) is 23.2 Å². The lowest BCUT2D eigenvalue weighted by atomic mass is 10.2. The first kappa shape index (κ1) is 18.7. The number of nitrogens with one attached hydrogen (secondary N) is 1. The largest absolute Gasteiger partial charge is 0.465 e. The standard InChI is InChI=1S/C21H17N5O2S/c1-29-18-11-5-9-16(13-18)22-21(27)19(14-17-10-6-12-28-17)26-20(23-24-25-26)15-7-3-2-4-8-15/h2-14H,1H3,(H,22,27). The first-order chi connectivity index (χ1) is 14.2. The Morgan fingerprint density at radius 2 is 1.97 bits per heavy atom. The predicted molar refractivity (Wildman–Crippen MR) is 113 cm³/mol. The lowest BCUT2D eigenvalue weighted by Gasteiger charge is -2.11. The first-order valence-electron chi connectivity index (χ1n) is 8.79. The Bertz CT molecular complexity index is 1140. The Labute approximate surface area is 171 Å². The van der Waals surface area contributed by atoms with Gasteiger partial charge in [0.1, 0.15) is 11.5 Å². The van der Waals surface area contributed by atoms with E-state index in [0.29, 0.717) is 17.3 Å². The van der Waals surface area contributed by atoms with Crippen molar-refractivity contribution >= 4 is 35.1 Å². The van der Waals surface area contributed by atoms with Crippen molar-refractivity contribution in [2.45, 2.75) is 4.90 Å². The van der Waals surface area contributed by atoms with Crippen molar-refractivity contribution in [2.75, 3.05) is 11.6 Å². The van der Waals surface area contributed by atoms with E-state index in [0.717, 1.165) is 10.5 Å². The second-order valence-electron chi connectivity index (χ2n) is 6.01. The van der Waals surface area contributed by atoms with Crippen LogP contribution in [-0.2, 0) is 4.79 Å². The van der Waals surface area contributed by atoms with Gasteiger partial charge in [0.15, 0.2) is 5.82 Å². The first-order valence-corrected chi connectivity index (χ1v) is 10.0. The lowest BCUT2D eigenvalue weighted by Crippen LogP contribution is -2.19. The van der Waals surface area contributed by atoms with Crippen molar-refractivity contribution in [2.24, 2.45) is 0 Å². The monoisotopic (exact) mass is 403 g/mol. The minimum absolute atomic E-state index is 0.235. The van der Waals surface area contributed by atoms with E-state index in [2.05, 4.69) is 20.8 Å². The minimum atomic E-state index is -0.357. The molecule has 0 aliphatic rings. The highest BCUT2D eigenvalue weighted by atomic mass is 32.2. The SMILES string of the molecule is CSc1cccc(NC(=O)C(=Cc2ccco2)n2nnnc2-c2ccccc2)c1. The van der Waals surface area contributed by atoms with Gasteiger partial charge in [-0.25, -0.2) is 0 Å². The number of furan rings is 1. The average molecular weight is 403 g/mol. The third-order valence-corrected chi connectivity index (χ3v) is 4.84. The minimum Gasteiger partial charge on any atom is -0.465 e. The fourth-order valence-electron chi connectivity index (χ4n) is 2.74. The Balaban J connectivity index is 1.74. The number of carbonyl (C=O) groups is 1. The van der Waals surface area contributed by atoms with E-state index in [4.69, 9.17) is 4.42 Å². The van der Waals surface area contributed by atoms with Gasteiger partial charge in [0.05, 0.1) is 6.26 Å². The van der Waals surface area contributed by atoms with Gasteiger partial charge in [-0.15, -0.1) is 16.9 Å². The third kappa shape index (κ3) is 4.27. The fourth-order valence-corrected chi connectivity index (χ4v) is 3.20. The van der Waals surface area contributed by atoms with Crippen molar-refractivity contribution < 1.29 is 9.21 Å². The molecule has 2 aromatic heterocycles. The molecule has 0 atom stereocenters. The number of aromatic nitrogens is 4. The number of nitrogens with zero attached hydrogens (tertiary/aromatic N) is 4. The Kier molecular flexibility index (Phi) is 5.53. The summed E-state index contributed by atoms with van der Waals surface area (Å²) in [6.45, 7) is 0. The van der Waals surface area contributed by atoms with Gasteiger partial charge in [0, 0.05) is 22.2 Å². The summed E-state index contributed by atoms with van der Waals surface area (Å²) in [5, 5.41) is 14.8. The zero-order chi connectivity index (χ0) is 20.1. The number of anilines is 1. The summed E-state index contributed by atoms with van der Waals surface area (Å²) in [5.41, 5.74) is 1.71. The van der Waals surface area contributed by atoms with Crippen LogP contribution in [-0.4, -0.2) is 32.4 Å².